The van der Waals surface area contributed by atoms with E-state index in [2.05, 4.69) is 10.2 Å². The molecule has 13 nitrogen and oxygen atoms in total. The van der Waals surface area contributed by atoms with Crippen molar-refractivity contribution in [3.63, 3.8) is 0 Å². The summed E-state index contributed by atoms with van der Waals surface area (Å²) in [4.78, 5) is 62.6. The van der Waals surface area contributed by atoms with Crippen molar-refractivity contribution in [2.24, 2.45) is 46.3 Å². The van der Waals surface area contributed by atoms with E-state index in [0.717, 1.165) is 39.3 Å². The molecule has 2 amide bonds. The Kier molecular flexibility index (Phi) is 9.77. The topological polar surface area (TPSA) is 144 Å². The van der Waals surface area contributed by atoms with Crippen LogP contribution in [0.25, 0.3) is 0 Å². The van der Waals surface area contributed by atoms with Gasteiger partial charge >= 0.3 is 24.1 Å². The quantitative estimate of drug-likeness (QED) is 0.317. The molecule has 8 aliphatic rings. The van der Waals surface area contributed by atoms with Crippen LogP contribution in [-0.2, 0) is 33.3 Å². The van der Waals surface area contributed by atoms with Crippen molar-refractivity contribution in [2.45, 2.75) is 59.4 Å². The number of ketones is 1. The van der Waals surface area contributed by atoms with Gasteiger partial charge in [-0.15, -0.1) is 0 Å². The van der Waals surface area contributed by atoms with Crippen LogP contribution >= 0.6 is 0 Å². The van der Waals surface area contributed by atoms with Gasteiger partial charge in [0.2, 0.25) is 0 Å². The third-order valence-electron chi connectivity index (χ3n) is 11.6. The van der Waals surface area contributed by atoms with Crippen molar-refractivity contribution >= 4 is 29.9 Å². The lowest BCUT2D eigenvalue weighted by Crippen LogP contribution is -2.67. The van der Waals surface area contributed by atoms with Gasteiger partial charge in [-0.3, -0.25) is 19.3 Å². The first-order valence-electron chi connectivity index (χ1n) is 17.7. The van der Waals surface area contributed by atoms with Crippen LogP contribution in [0.3, 0.4) is 0 Å². The maximum atomic E-state index is 11.8. The summed E-state index contributed by atoms with van der Waals surface area (Å²) in [6, 6.07) is 0.648. The average molecular weight is 661 g/mol. The fourth-order valence-electron chi connectivity index (χ4n) is 9.13. The number of hydrogen-bond donors (Lipinski definition) is 1. The summed E-state index contributed by atoms with van der Waals surface area (Å²) in [5.41, 5.74) is 0.495. The summed E-state index contributed by atoms with van der Waals surface area (Å²) in [6.07, 6.45) is 3.28. The fraction of sp³-hybridized carbons (Fsp3) is 0.853. The smallest absolute Gasteiger partial charge is 0.409 e. The molecule has 2 spiro atoms. The molecule has 2 unspecified atom stereocenters. The summed E-state index contributed by atoms with van der Waals surface area (Å²) < 4.78 is 20.0. The molecule has 262 valence electrons. The Morgan fingerprint density at radius 1 is 0.660 bits per heavy atom. The highest BCUT2D eigenvalue weighted by molar-refractivity contribution is 5.87. The molecule has 4 aliphatic heterocycles. The van der Waals surface area contributed by atoms with E-state index in [0.29, 0.717) is 93.3 Å². The fourth-order valence-corrected chi connectivity index (χ4v) is 9.13. The van der Waals surface area contributed by atoms with Crippen molar-refractivity contribution in [3.8, 4) is 0 Å². The number of rotatable bonds is 7. The van der Waals surface area contributed by atoms with Gasteiger partial charge in [0, 0.05) is 69.0 Å². The molecule has 8 fully saturated rings. The number of carbonyl (C=O) groups excluding carboxylic acids is 5. The van der Waals surface area contributed by atoms with Crippen molar-refractivity contribution in [1.82, 2.24) is 20.0 Å². The van der Waals surface area contributed by atoms with E-state index < -0.39 is 0 Å². The number of nitrogens with zero attached hydrogens (tertiary/aromatic N) is 3. The average Bonchev–Trinajstić information content (AvgIpc) is 3.67. The standard InChI is InChI=1S/C17H26N2O4.C9H13NO3.C8H13NO2/c1-3-22-15(20)14-12-7-18(8-13(12)14)11-5-17(6-11)9-19(10-17)16(21)23-4-2;1-2-13-8(12)10-5-9(6-10)3-7(11)4-9;1-2-11-8(10)7-5-3-9-4-6(5)7/h11-14H,3-10H2,1-2H3;2-6H2,1H3;5-7,9H,2-4H2,1H3/t12-,13+,14?;;5-,6+,7?. The molecule has 0 aromatic carbocycles. The zero-order chi connectivity index (χ0) is 33.5. The molecular weight excluding hydrogens is 608 g/mol. The molecule has 47 heavy (non-hydrogen) atoms. The first-order chi connectivity index (χ1) is 22.6. The highest BCUT2D eigenvalue weighted by atomic mass is 16.6. The van der Waals surface area contributed by atoms with E-state index in [1.165, 1.54) is 12.8 Å². The molecule has 0 aromatic rings. The number of fused-ring (bicyclic) bond motifs is 2. The Hall–Kier alpha value is -2.93. The lowest BCUT2D eigenvalue weighted by molar-refractivity contribution is -0.147. The molecular formula is C34H52N4O9. The van der Waals surface area contributed by atoms with Crippen molar-refractivity contribution in [1.29, 1.82) is 0 Å². The number of ether oxygens (including phenoxy) is 4. The minimum Gasteiger partial charge on any atom is -0.466 e. The van der Waals surface area contributed by atoms with Gasteiger partial charge in [0.15, 0.2) is 0 Å². The number of piperidine rings is 2. The maximum Gasteiger partial charge on any atom is 0.409 e. The van der Waals surface area contributed by atoms with Gasteiger partial charge < -0.3 is 34.1 Å². The number of esters is 2. The van der Waals surface area contributed by atoms with Gasteiger partial charge in [0.25, 0.3) is 0 Å². The molecule has 1 N–H and O–H groups in total. The lowest BCUT2D eigenvalue weighted by atomic mass is 9.60. The molecule has 4 aliphatic carbocycles. The molecule has 0 aromatic heterocycles. The molecule has 4 saturated carbocycles. The molecule has 4 heterocycles. The summed E-state index contributed by atoms with van der Waals surface area (Å²) in [7, 11) is 0. The number of likely N-dealkylation sites (tertiary alicyclic amines) is 3. The van der Waals surface area contributed by atoms with Crippen LogP contribution in [-0.4, -0.2) is 129 Å². The van der Waals surface area contributed by atoms with Crippen LogP contribution in [0.5, 0.6) is 0 Å². The van der Waals surface area contributed by atoms with E-state index >= 15 is 0 Å². The van der Waals surface area contributed by atoms with E-state index in [9.17, 15) is 24.0 Å². The first-order valence-corrected chi connectivity index (χ1v) is 17.7. The highest BCUT2D eigenvalue weighted by Crippen LogP contribution is 2.57. The van der Waals surface area contributed by atoms with E-state index in [1.807, 2.05) is 25.7 Å². The van der Waals surface area contributed by atoms with Gasteiger partial charge in [-0.05, 0) is 77.3 Å². The van der Waals surface area contributed by atoms with Gasteiger partial charge in [0.1, 0.15) is 5.78 Å². The van der Waals surface area contributed by atoms with Crippen LogP contribution in [0.1, 0.15) is 53.4 Å². The highest BCUT2D eigenvalue weighted by Gasteiger charge is 2.64. The second-order valence-corrected chi connectivity index (χ2v) is 14.9. The second kappa shape index (κ2) is 13.5. The monoisotopic (exact) mass is 660 g/mol. The van der Waals surface area contributed by atoms with E-state index in [1.54, 1.807) is 11.8 Å². The number of amides is 2. The molecule has 0 bridgehead atoms. The summed E-state index contributed by atoms with van der Waals surface area (Å²) in [5, 5.41) is 3.24. The number of carbonyl (C=O) groups is 5. The summed E-state index contributed by atoms with van der Waals surface area (Å²) in [6.45, 7) is 16.5. The van der Waals surface area contributed by atoms with Crippen LogP contribution in [0.15, 0.2) is 0 Å². The third kappa shape index (κ3) is 6.84. The predicted molar refractivity (Wildman–Crippen MR) is 168 cm³/mol. The van der Waals surface area contributed by atoms with Gasteiger partial charge in [-0.1, -0.05) is 0 Å². The molecule has 4 saturated heterocycles. The van der Waals surface area contributed by atoms with Crippen LogP contribution in [0.4, 0.5) is 9.59 Å². The second-order valence-electron chi connectivity index (χ2n) is 14.9. The van der Waals surface area contributed by atoms with Crippen LogP contribution in [0.2, 0.25) is 0 Å². The Morgan fingerprint density at radius 2 is 1.09 bits per heavy atom. The van der Waals surface area contributed by atoms with Gasteiger partial charge in [-0.25, -0.2) is 9.59 Å². The minimum absolute atomic E-state index is 0.0105. The largest absolute Gasteiger partial charge is 0.466 e. The minimum atomic E-state index is -0.243. The summed E-state index contributed by atoms with van der Waals surface area (Å²) in [5.74, 6) is 3.00. The van der Waals surface area contributed by atoms with E-state index in [-0.39, 0.29) is 41.4 Å². The molecule has 6 atom stereocenters. The van der Waals surface area contributed by atoms with Crippen molar-refractivity contribution < 1.29 is 42.9 Å². The zero-order valence-corrected chi connectivity index (χ0v) is 28.4. The number of nitrogens with one attached hydrogen (secondary N) is 1. The predicted octanol–water partition coefficient (Wildman–Crippen LogP) is 2.17. The Bertz CT molecular complexity index is 1190. The van der Waals surface area contributed by atoms with Gasteiger partial charge in [0.05, 0.1) is 38.3 Å². The Labute approximate surface area is 277 Å². The lowest BCUT2D eigenvalue weighted by Gasteiger charge is -2.60. The molecule has 0 radical (unpaired) electrons. The van der Waals surface area contributed by atoms with Crippen molar-refractivity contribution in [3.05, 3.63) is 0 Å². The van der Waals surface area contributed by atoms with Crippen LogP contribution in [0, 0.1) is 46.3 Å². The first kappa shape index (κ1) is 34.0. The zero-order valence-electron chi connectivity index (χ0n) is 28.4. The van der Waals surface area contributed by atoms with Crippen LogP contribution < -0.4 is 5.32 Å². The van der Waals surface area contributed by atoms with E-state index in [4.69, 9.17) is 18.9 Å². The molecule has 13 heteroatoms. The molecule has 8 rings (SSSR count). The summed E-state index contributed by atoms with van der Waals surface area (Å²) >= 11 is 0. The number of hydrogen-bond acceptors (Lipinski definition) is 11. The van der Waals surface area contributed by atoms with Crippen molar-refractivity contribution in [2.75, 3.05) is 78.8 Å². The third-order valence-corrected chi connectivity index (χ3v) is 11.6. The SMILES string of the molecule is CCOC(=O)C1[C@H]2CN(C3CC4(C3)CN(C(=O)OCC)C4)C[C@@H]12.CCOC(=O)C1[C@H]2CNC[C@@H]12.CCOC(=O)N1CC2(CC(=O)C2)C1. The Balaban J connectivity index is 0.000000136. The number of Topliss-reactive ketones (excluding diaryl/α,β-unsaturated/α-hetero) is 1. The van der Waals surface area contributed by atoms with Gasteiger partial charge in [-0.2, -0.15) is 0 Å². The maximum absolute atomic E-state index is 11.8. The Morgan fingerprint density at radius 3 is 1.51 bits per heavy atom. The normalized spacial score (nSPS) is 32.8.